The molecule has 0 heterocycles. The first kappa shape index (κ1) is 15.8. The van der Waals surface area contributed by atoms with Crippen LogP contribution in [0.15, 0.2) is 42.5 Å². The zero-order valence-corrected chi connectivity index (χ0v) is 12.7. The van der Waals surface area contributed by atoms with Crippen molar-refractivity contribution < 1.29 is 14.6 Å². The molecule has 0 atom stereocenters. The topological polar surface area (TPSA) is 46.5 Å². The summed E-state index contributed by atoms with van der Waals surface area (Å²) >= 11 is 0. The molecule has 3 heteroatoms. The third kappa shape index (κ3) is 3.97. The van der Waals surface area contributed by atoms with Crippen LogP contribution in [0.5, 0.6) is 0 Å². The molecule has 0 aliphatic heterocycles. The third-order valence-corrected chi connectivity index (χ3v) is 3.26. The van der Waals surface area contributed by atoms with E-state index in [1.54, 1.807) is 31.2 Å². The van der Waals surface area contributed by atoms with Gasteiger partial charge in [-0.1, -0.05) is 17.9 Å². The molecule has 112 valence electrons. The van der Waals surface area contributed by atoms with Gasteiger partial charge >= 0.3 is 5.97 Å². The smallest absolute Gasteiger partial charge is 0.338 e. The highest BCUT2D eigenvalue weighted by Crippen LogP contribution is 2.11. The minimum atomic E-state index is -0.322. The number of rotatable bonds is 3. The fraction of sp³-hybridized carbons (Fsp3) is 0.211. The summed E-state index contributed by atoms with van der Waals surface area (Å²) in [6.07, 6.45) is 0. The second-order valence-corrected chi connectivity index (χ2v) is 4.85. The number of carbonyl (C=O) groups excluding carboxylic acids is 1. The van der Waals surface area contributed by atoms with Gasteiger partial charge in [-0.05, 0) is 61.4 Å². The standard InChI is InChI=1S/C19H18O3/c1-3-22-19(21)17-9-6-15(7-10-17)4-5-16-8-11-18(13-20)14(2)12-16/h6-12,20H,3,13H2,1-2H3. The van der Waals surface area contributed by atoms with Gasteiger partial charge in [-0.15, -0.1) is 0 Å². The lowest BCUT2D eigenvalue weighted by Gasteiger charge is -2.02. The summed E-state index contributed by atoms with van der Waals surface area (Å²) in [5.74, 6) is 5.82. The summed E-state index contributed by atoms with van der Waals surface area (Å²) < 4.78 is 4.94. The molecule has 22 heavy (non-hydrogen) atoms. The predicted molar refractivity (Wildman–Crippen MR) is 85.5 cm³/mol. The minimum absolute atomic E-state index is 0.0366. The van der Waals surface area contributed by atoms with Gasteiger partial charge in [0.05, 0.1) is 18.8 Å². The molecule has 2 aromatic carbocycles. The van der Waals surface area contributed by atoms with E-state index in [-0.39, 0.29) is 12.6 Å². The normalized spacial score (nSPS) is 9.77. The van der Waals surface area contributed by atoms with Gasteiger partial charge in [0.2, 0.25) is 0 Å². The molecule has 0 saturated heterocycles. The van der Waals surface area contributed by atoms with E-state index in [1.807, 2.05) is 25.1 Å². The molecule has 2 rings (SSSR count). The van der Waals surface area contributed by atoms with Crippen LogP contribution in [-0.2, 0) is 11.3 Å². The Morgan fingerprint density at radius 1 is 1.09 bits per heavy atom. The van der Waals surface area contributed by atoms with Crippen LogP contribution in [-0.4, -0.2) is 17.7 Å². The van der Waals surface area contributed by atoms with Crippen molar-refractivity contribution in [3.8, 4) is 11.8 Å². The molecule has 3 nitrogen and oxygen atoms in total. The Kier molecular flexibility index (Phi) is 5.35. The van der Waals surface area contributed by atoms with E-state index in [2.05, 4.69) is 11.8 Å². The van der Waals surface area contributed by atoms with Crippen LogP contribution in [0.4, 0.5) is 0 Å². The lowest BCUT2D eigenvalue weighted by molar-refractivity contribution is 0.0526. The zero-order chi connectivity index (χ0) is 15.9. The molecule has 0 fully saturated rings. The quantitative estimate of drug-likeness (QED) is 0.699. The van der Waals surface area contributed by atoms with Crippen molar-refractivity contribution in [1.82, 2.24) is 0 Å². The number of esters is 1. The summed E-state index contributed by atoms with van der Waals surface area (Å²) in [6.45, 7) is 4.13. The van der Waals surface area contributed by atoms with E-state index >= 15 is 0 Å². The van der Waals surface area contributed by atoms with Crippen molar-refractivity contribution in [2.45, 2.75) is 20.5 Å². The zero-order valence-electron chi connectivity index (χ0n) is 12.7. The van der Waals surface area contributed by atoms with Crippen LogP contribution >= 0.6 is 0 Å². The monoisotopic (exact) mass is 294 g/mol. The Labute approximate surface area is 130 Å². The van der Waals surface area contributed by atoms with Crippen LogP contribution in [0, 0.1) is 18.8 Å². The van der Waals surface area contributed by atoms with Gasteiger partial charge in [0.25, 0.3) is 0 Å². The van der Waals surface area contributed by atoms with Gasteiger partial charge in [-0.25, -0.2) is 4.79 Å². The van der Waals surface area contributed by atoms with Crippen LogP contribution in [0.25, 0.3) is 0 Å². The SMILES string of the molecule is CCOC(=O)c1ccc(C#Cc2ccc(CO)c(C)c2)cc1. The molecule has 0 amide bonds. The first-order valence-electron chi connectivity index (χ1n) is 7.13. The summed E-state index contributed by atoms with van der Waals surface area (Å²) in [7, 11) is 0. The Bertz CT molecular complexity index is 719. The van der Waals surface area contributed by atoms with E-state index in [0.29, 0.717) is 12.2 Å². The van der Waals surface area contributed by atoms with Crippen LogP contribution < -0.4 is 0 Å². The molecular weight excluding hydrogens is 276 g/mol. The molecule has 2 aromatic rings. The molecule has 0 unspecified atom stereocenters. The summed E-state index contributed by atoms with van der Waals surface area (Å²) in [4.78, 5) is 11.6. The van der Waals surface area contributed by atoms with Gasteiger partial charge in [-0.3, -0.25) is 0 Å². The van der Waals surface area contributed by atoms with E-state index in [4.69, 9.17) is 9.84 Å². The fourth-order valence-electron chi connectivity index (χ4n) is 2.00. The Hall–Kier alpha value is -2.57. The van der Waals surface area contributed by atoms with Crippen molar-refractivity contribution >= 4 is 5.97 Å². The summed E-state index contributed by atoms with van der Waals surface area (Å²) in [5.41, 5.74) is 4.17. The Morgan fingerprint density at radius 2 is 1.73 bits per heavy atom. The fourth-order valence-corrected chi connectivity index (χ4v) is 2.00. The van der Waals surface area contributed by atoms with Crippen LogP contribution in [0.3, 0.4) is 0 Å². The van der Waals surface area contributed by atoms with Crippen molar-refractivity contribution in [3.63, 3.8) is 0 Å². The number of hydrogen-bond acceptors (Lipinski definition) is 3. The molecule has 0 radical (unpaired) electrons. The maximum absolute atomic E-state index is 11.6. The van der Waals surface area contributed by atoms with E-state index in [1.165, 1.54) is 0 Å². The summed E-state index contributed by atoms with van der Waals surface area (Å²) in [5, 5.41) is 9.15. The lowest BCUT2D eigenvalue weighted by atomic mass is 10.1. The lowest BCUT2D eigenvalue weighted by Crippen LogP contribution is -2.04. The highest BCUT2D eigenvalue weighted by Gasteiger charge is 2.04. The molecule has 0 bridgehead atoms. The Balaban J connectivity index is 2.15. The average Bonchev–Trinajstić information content (AvgIpc) is 2.54. The number of carbonyl (C=O) groups is 1. The Morgan fingerprint density at radius 3 is 2.32 bits per heavy atom. The molecule has 1 N–H and O–H groups in total. The largest absolute Gasteiger partial charge is 0.462 e. The summed E-state index contributed by atoms with van der Waals surface area (Å²) in [6, 6.07) is 12.7. The van der Waals surface area contributed by atoms with E-state index in [9.17, 15) is 4.79 Å². The van der Waals surface area contributed by atoms with E-state index < -0.39 is 0 Å². The van der Waals surface area contributed by atoms with Crippen LogP contribution in [0.1, 0.15) is 39.5 Å². The van der Waals surface area contributed by atoms with Gasteiger partial charge in [0.15, 0.2) is 0 Å². The van der Waals surface area contributed by atoms with Gasteiger partial charge in [0.1, 0.15) is 0 Å². The molecular formula is C19H18O3. The second-order valence-electron chi connectivity index (χ2n) is 4.85. The highest BCUT2D eigenvalue weighted by molar-refractivity contribution is 5.89. The number of aliphatic hydroxyl groups excluding tert-OH is 1. The van der Waals surface area contributed by atoms with Crippen LogP contribution in [0.2, 0.25) is 0 Å². The molecule has 0 aromatic heterocycles. The maximum atomic E-state index is 11.6. The average molecular weight is 294 g/mol. The first-order valence-corrected chi connectivity index (χ1v) is 7.13. The van der Waals surface area contributed by atoms with E-state index in [0.717, 1.165) is 22.3 Å². The van der Waals surface area contributed by atoms with Gasteiger partial charge in [-0.2, -0.15) is 0 Å². The van der Waals surface area contributed by atoms with Crippen molar-refractivity contribution in [3.05, 3.63) is 70.3 Å². The molecule has 0 spiro atoms. The third-order valence-electron chi connectivity index (χ3n) is 3.26. The number of ether oxygens (including phenoxy) is 1. The number of hydrogen-bond donors (Lipinski definition) is 1. The predicted octanol–water partition coefficient (Wildman–Crippen LogP) is 3.06. The number of benzene rings is 2. The van der Waals surface area contributed by atoms with Crippen molar-refractivity contribution in [1.29, 1.82) is 0 Å². The van der Waals surface area contributed by atoms with Crippen molar-refractivity contribution in [2.24, 2.45) is 0 Å². The highest BCUT2D eigenvalue weighted by atomic mass is 16.5. The van der Waals surface area contributed by atoms with Crippen molar-refractivity contribution in [2.75, 3.05) is 6.61 Å². The number of aliphatic hydroxyl groups is 1. The minimum Gasteiger partial charge on any atom is -0.462 e. The molecule has 0 aliphatic rings. The van der Waals surface area contributed by atoms with Gasteiger partial charge < -0.3 is 9.84 Å². The second kappa shape index (κ2) is 7.44. The first-order chi connectivity index (χ1) is 10.6. The maximum Gasteiger partial charge on any atom is 0.338 e. The molecule has 0 saturated carbocycles. The van der Waals surface area contributed by atoms with Gasteiger partial charge in [0, 0.05) is 11.1 Å². The molecule has 0 aliphatic carbocycles. The number of aryl methyl sites for hydroxylation is 1.